The molecule has 0 fully saturated rings. The lowest BCUT2D eigenvalue weighted by Crippen LogP contribution is -2.28. The number of nitrogens with two attached hydrogens (primary N) is 1. The van der Waals surface area contributed by atoms with Gasteiger partial charge in [-0.25, -0.2) is 4.98 Å². The summed E-state index contributed by atoms with van der Waals surface area (Å²) in [6.07, 6.45) is 9.09. The van der Waals surface area contributed by atoms with Crippen LogP contribution in [0.4, 0.5) is 5.82 Å². The molecular weight excluding hydrogens is 198 g/mol. The molecule has 0 aromatic carbocycles. The van der Waals surface area contributed by atoms with Crippen molar-refractivity contribution in [2.45, 2.75) is 6.92 Å². The van der Waals surface area contributed by atoms with Crippen LogP contribution < -0.4 is 16.3 Å². The van der Waals surface area contributed by atoms with Gasteiger partial charge in [-0.15, -0.1) is 0 Å². The average Bonchev–Trinajstić information content (AvgIpc) is 2.29. The van der Waals surface area contributed by atoms with Gasteiger partial charge < -0.3 is 5.73 Å². The Morgan fingerprint density at radius 3 is 2.81 bits per heavy atom. The number of allylic oxidation sites excluding steroid dienone is 1. The van der Waals surface area contributed by atoms with Crippen molar-refractivity contribution in [2.75, 3.05) is 5.73 Å². The lowest BCUT2D eigenvalue weighted by Gasteiger charge is -2.01. The molecule has 3 nitrogen and oxygen atoms in total. The van der Waals surface area contributed by atoms with E-state index in [-0.39, 0.29) is 0 Å². The SMILES string of the molecule is C=C/C=c1/ncc2c(N)nccc2/c1=C/C. The molecule has 0 saturated heterocycles. The Balaban J connectivity index is 3.05. The number of rotatable bonds is 1. The zero-order chi connectivity index (χ0) is 11.5. The van der Waals surface area contributed by atoms with E-state index in [1.54, 1.807) is 18.5 Å². The van der Waals surface area contributed by atoms with E-state index in [4.69, 9.17) is 5.73 Å². The molecule has 2 aromatic rings. The van der Waals surface area contributed by atoms with Crippen molar-refractivity contribution in [3.05, 3.63) is 41.7 Å². The number of nitrogens with zero attached hydrogens (tertiary/aromatic N) is 2. The van der Waals surface area contributed by atoms with Crippen molar-refractivity contribution in [2.24, 2.45) is 0 Å². The lowest BCUT2D eigenvalue weighted by atomic mass is 10.1. The second-order valence-electron chi connectivity index (χ2n) is 3.41. The number of nitrogen functional groups attached to an aromatic ring is 1. The van der Waals surface area contributed by atoms with Crippen LogP contribution in [0.5, 0.6) is 0 Å². The molecule has 2 aromatic heterocycles. The third kappa shape index (κ3) is 1.56. The smallest absolute Gasteiger partial charge is 0.132 e. The van der Waals surface area contributed by atoms with Gasteiger partial charge in [-0.3, -0.25) is 4.98 Å². The van der Waals surface area contributed by atoms with Crippen molar-refractivity contribution in [1.82, 2.24) is 9.97 Å². The van der Waals surface area contributed by atoms with E-state index in [0.29, 0.717) is 5.82 Å². The van der Waals surface area contributed by atoms with Gasteiger partial charge in [0.25, 0.3) is 0 Å². The summed E-state index contributed by atoms with van der Waals surface area (Å²) < 4.78 is 0. The predicted octanol–water partition coefficient (Wildman–Crippen LogP) is 0.979. The topological polar surface area (TPSA) is 51.8 Å². The minimum Gasteiger partial charge on any atom is -0.383 e. The Morgan fingerprint density at radius 1 is 1.31 bits per heavy atom. The van der Waals surface area contributed by atoms with Gasteiger partial charge in [0.2, 0.25) is 0 Å². The number of hydrogen-bond donors (Lipinski definition) is 1. The largest absolute Gasteiger partial charge is 0.383 e. The van der Waals surface area contributed by atoms with E-state index in [9.17, 15) is 0 Å². The standard InChI is InChI=1S/C13H13N3/c1-3-5-12-9(4-2)10-6-7-15-13(14)11(10)8-16-12/h3-8H,1H2,2H3,(H2,14,15)/b9-4-,12-5+. The first kappa shape index (κ1) is 10.4. The van der Waals surface area contributed by atoms with Crippen molar-refractivity contribution in [1.29, 1.82) is 0 Å². The molecule has 0 spiro atoms. The summed E-state index contributed by atoms with van der Waals surface area (Å²) >= 11 is 0. The van der Waals surface area contributed by atoms with Gasteiger partial charge in [0.15, 0.2) is 0 Å². The Morgan fingerprint density at radius 2 is 2.12 bits per heavy atom. The maximum absolute atomic E-state index is 5.81. The first-order valence-corrected chi connectivity index (χ1v) is 5.06. The number of pyridine rings is 2. The highest BCUT2D eigenvalue weighted by atomic mass is 14.8. The van der Waals surface area contributed by atoms with E-state index < -0.39 is 0 Å². The molecule has 2 rings (SSSR count). The van der Waals surface area contributed by atoms with Gasteiger partial charge in [-0.2, -0.15) is 0 Å². The molecule has 0 bridgehead atoms. The Kier molecular flexibility index (Phi) is 2.68. The molecule has 0 aliphatic rings. The van der Waals surface area contributed by atoms with Crippen LogP contribution in [0.15, 0.2) is 31.1 Å². The van der Waals surface area contributed by atoms with Gasteiger partial charge >= 0.3 is 0 Å². The molecule has 0 saturated carbocycles. The normalized spacial score (nSPS) is 13.3. The molecule has 0 unspecified atom stereocenters. The molecule has 3 heteroatoms. The van der Waals surface area contributed by atoms with E-state index in [1.807, 2.05) is 25.1 Å². The minimum atomic E-state index is 0.512. The molecule has 0 radical (unpaired) electrons. The summed E-state index contributed by atoms with van der Waals surface area (Å²) in [5.41, 5.74) is 5.81. The van der Waals surface area contributed by atoms with Crippen LogP contribution in [0, 0.1) is 0 Å². The van der Waals surface area contributed by atoms with E-state index in [0.717, 1.165) is 21.3 Å². The maximum atomic E-state index is 5.81. The first-order valence-electron chi connectivity index (χ1n) is 5.06. The van der Waals surface area contributed by atoms with E-state index in [1.165, 1.54) is 0 Å². The highest BCUT2D eigenvalue weighted by Gasteiger charge is 2.00. The molecule has 2 N–H and O–H groups in total. The van der Waals surface area contributed by atoms with E-state index >= 15 is 0 Å². The van der Waals surface area contributed by atoms with Gasteiger partial charge in [0.1, 0.15) is 5.82 Å². The minimum absolute atomic E-state index is 0.512. The number of hydrogen-bond acceptors (Lipinski definition) is 3. The molecule has 0 amide bonds. The highest BCUT2D eigenvalue weighted by Crippen LogP contribution is 2.11. The third-order valence-corrected chi connectivity index (χ3v) is 2.48. The number of anilines is 1. The summed E-state index contributed by atoms with van der Waals surface area (Å²) in [4.78, 5) is 8.40. The average molecular weight is 211 g/mol. The Bertz CT molecular complexity index is 657. The zero-order valence-corrected chi connectivity index (χ0v) is 9.14. The fourth-order valence-electron chi connectivity index (χ4n) is 1.75. The second kappa shape index (κ2) is 4.14. The van der Waals surface area contributed by atoms with Crippen LogP contribution in [0.3, 0.4) is 0 Å². The molecule has 16 heavy (non-hydrogen) atoms. The van der Waals surface area contributed by atoms with Crippen molar-refractivity contribution in [3.8, 4) is 0 Å². The molecular formula is C13H13N3. The maximum Gasteiger partial charge on any atom is 0.132 e. The molecule has 0 aliphatic heterocycles. The van der Waals surface area contributed by atoms with Crippen molar-refractivity contribution < 1.29 is 0 Å². The highest BCUT2D eigenvalue weighted by molar-refractivity contribution is 5.90. The second-order valence-corrected chi connectivity index (χ2v) is 3.41. The number of fused-ring (bicyclic) bond motifs is 1. The fraction of sp³-hybridized carbons (Fsp3) is 0.0769. The van der Waals surface area contributed by atoms with Gasteiger partial charge in [-0.05, 0) is 24.5 Å². The molecule has 80 valence electrons. The zero-order valence-electron chi connectivity index (χ0n) is 9.14. The predicted molar refractivity (Wildman–Crippen MR) is 68.0 cm³/mol. The summed E-state index contributed by atoms with van der Waals surface area (Å²) in [7, 11) is 0. The van der Waals surface area contributed by atoms with Crippen LogP contribution in [0.2, 0.25) is 0 Å². The Hall–Kier alpha value is -2.16. The van der Waals surface area contributed by atoms with Crippen molar-refractivity contribution >= 4 is 28.7 Å². The van der Waals surface area contributed by atoms with Gasteiger partial charge in [0.05, 0.1) is 5.35 Å². The fourth-order valence-corrected chi connectivity index (χ4v) is 1.75. The summed E-state index contributed by atoms with van der Waals surface area (Å²) in [6.45, 7) is 5.66. The van der Waals surface area contributed by atoms with Gasteiger partial charge in [-0.1, -0.05) is 18.7 Å². The molecule has 2 heterocycles. The van der Waals surface area contributed by atoms with Crippen LogP contribution in [0.1, 0.15) is 6.92 Å². The van der Waals surface area contributed by atoms with Crippen LogP contribution >= 0.6 is 0 Å². The van der Waals surface area contributed by atoms with Crippen LogP contribution in [-0.2, 0) is 0 Å². The summed E-state index contributed by atoms with van der Waals surface area (Å²) in [6, 6.07) is 1.95. The summed E-state index contributed by atoms with van der Waals surface area (Å²) in [5.74, 6) is 0.512. The van der Waals surface area contributed by atoms with Crippen molar-refractivity contribution in [3.63, 3.8) is 0 Å². The third-order valence-electron chi connectivity index (χ3n) is 2.48. The molecule has 0 aliphatic carbocycles. The Labute approximate surface area is 93.6 Å². The van der Waals surface area contributed by atoms with E-state index in [2.05, 4.69) is 16.5 Å². The molecule has 0 atom stereocenters. The first-order chi connectivity index (χ1) is 7.77. The van der Waals surface area contributed by atoms with Gasteiger partial charge in [0, 0.05) is 23.0 Å². The summed E-state index contributed by atoms with van der Waals surface area (Å²) in [5, 5.41) is 3.91. The number of aromatic nitrogens is 2. The lowest BCUT2D eigenvalue weighted by molar-refractivity contribution is 1.24. The quantitative estimate of drug-likeness (QED) is 0.765. The monoisotopic (exact) mass is 211 g/mol. The van der Waals surface area contributed by atoms with Crippen LogP contribution in [0.25, 0.3) is 22.9 Å². The van der Waals surface area contributed by atoms with Crippen LogP contribution in [-0.4, -0.2) is 9.97 Å².